The Hall–Kier alpha value is -1.75. The van der Waals surface area contributed by atoms with Crippen molar-refractivity contribution in [1.82, 2.24) is 4.98 Å². The minimum Gasteiger partial charge on any atom is -0.437 e. The number of aryl methyl sites for hydroxylation is 1. The summed E-state index contributed by atoms with van der Waals surface area (Å²) in [5.41, 5.74) is -0.136. The molecular formula is C13H8ClF3NO. The van der Waals surface area contributed by atoms with Gasteiger partial charge in [0.2, 0.25) is 5.88 Å². The van der Waals surface area contributed by atoms with Gasteiger partial charge in [0, 0.05) is 6.20 Å². The van der Waals surface area contributed by atoms with Crippen LogP contribution in [-0.4, -0.2) is 4.98 Å². The lowest BCUT2D eigenvalue weighted by Gasteiger charge is -2.11. The van der Waals surface area contributed by atoms with Crippen LogP contribution in [0.3, 0.4) is 0 Å². The summed E-state index contributed by atoms with van der Waals surface area (Å²) < 4.78 is 42.7. The third-order valence-corrected chi connectivity index (χ3v) is 2.63. The Bertz CT molecular complexity index is 599. The van der Waals surface area contributed by atoms with Crippen LogP contribution in [0.25, 0.3) is 0 Å². The number of hydrogen-bond acceptors (Lipinski definition) is 2. The molecular weight excluding hydrogens is 279 g/mol. The van der Waals surface area contributed by atoms with E-state index in [0.29, 0.717) is 11.9 Å². The first kappa shape index (κ1) is 13.7. The quantitative estimate of drug-likeness (QED) is 0.801. The first-order chi connectivity index (χ1) is 8.88. The second-order valence-electron chi connectivity index (χ2n) is 3.80. The highest BCUT2D eigenvalue weighted by molar-refractivity contribution is 6.31. The first-order valence-corrected chi connectivity index (χ1v) is 5.63. The van der Waals surface area contributed by atoms with Gasteiger partial charge in [0.15, 0.2) is 0 Å². The van der Waals surface area contributed by atoms with E-state index in [-0.39, 0.29) is 10.9 Å². The van der Waals surface area contributed by atoms with Crippen LogP contribution in [0, 0.1) is 13.0 Å². The lowest BCUT2D eigenvalue weighted by molar-refractivity contribution is -0.137. The molecule has 0 bridgehead atoms. The zero-order chi connectivity index (χ0) is 14.0. The van der Waals surface area contributed by atoms with Crippen molar-refractivity contribution in [3.05, 3.63) is 52.7 Å². The van der Waals surface area contributed by atoms with E-state index in [9.17, 15) is 13.2 Å². The molecule has 6 heteroatoms. The maximum Gasteiger partial charge on any atom is 0.417 e. The summed E-state index contributed by atoms with van der Waals surface area (Å²) >= 11 is 5.74. The summed E-state index contributed by atoms with van der Waals surface area (Å²) in [4.78, 5) is 3.60. The smallest absolute Gasteiger partial charge is 0.417 e. The highest BCUT2D eigenvalue weighted by Gasteiger charge is 2.31. The molecule has 1 heterocycles. The highest BCUT2D eigenvalue weighted by atomic mass is 35.5. The monoisotopic (exact) mass is 286 g/mol. The lowest BCUT2D eigenvalue weighted by atomic mass is 10.2. The molecule has 0 saturated heterocycles. The Morgan fingerprint density at radius 2 is 2.11 bits per heavy atom. The molecule has 0 spiro atoms. The Morgan fingerprint density at radius 3 is 2.68 bits per heavy atom. The van der Waals surface area contributed by atoms with Gasteiger partial charge < -0.3 is 4.74 Å². The van der Waals surface area contributed by atoms with Crippen molar-refractivity contribution < 1.29 is 17.9 Å². The van der Waals surface area contributed by atoms with Crippen LogP contribution in [0.1, 0.15) is 11.1 Å². The zero-order valence-corrected chi connectivity index (χ0v) is 10.5. The van der Waals surface area contributed by atoms with Gasteiger partial charge in [-0.05, 0) is 36.8 Å². The molecule has 0 saturated carbocycles. The van der Waals surface area contributed by atoms with Gasteiger partial charge in [-0.2, -0.15) is 13.2 Å². The summed E-state index contributed by atoms with van der Waals surface area (Å²) in [5.74, 6) is 0.400. The van der Waals surface area contributed by atoms with Crippen LogP contribution in [0.5, 0.6) is 11.6 Å². The van der Waals surface area contributed by atoms with Gasteiger partial charge in [-0.1, -0.05) is 17.7 Å². The molecule has 0 amide bonds. The first-order valence-electron chi connectivity index (χ1n) is 5.25. The SMILES string of the molecule is Cc1c[c]ccc1Oc1ncc(C(F)(F)F)cc1Cl. The van der Waals surface area contributed by atoms with Crippen molar-refractivity contribution in [1.29, 1.82) is 0 Å². The van der Waals surface area contributed by atoms with Gasteiger partial charge in [-0.25, -0.2) is 4.98 Å². The van der Waals surface area contributed by atoms with E-state index >= 15 is 0 Å². The average Bonchev–Trinajstić information content (AvgIpc) is 2.33. The molecule has 19 heavy (non-hydrogen) atoms. The maximum atomic E-state index is 12.4. The highest BCUT2D eigenvalue weighted by Crippen LogP contribution is 2.35. The van der Waals surface area contributed by atoms with E-state index in [2.05, 4.69) is 11.1 Å². The summed E-state index contributed by atoms with van der Waals surface area (Å²) in [6.45, 7) is 1.78. The fourth-order valence-electron chi connectivity index (χ4n) is 1.37. The largest absolute Gasteiger partial charge is 0.437 e. The fourth-order valence-corrected chi connectivity index (χ4v) is 1.58. The molecule has 0 aliphatic heterocycles. The van der Waals surface area contributed by atoms with E-state index in [1.165, 1.54) is 0 Å². The predicted molar refractivity (Wildman–Crippen MR) is 64.3 cm³/mol. The number of halogens is 4. The van der Waals surface area contributed by atoms with Crippen molar-refractivity contribution in [2.24, 2.45) is 0 Å². The molecule has 1 aromatic heterocycles. The van der Waals surface area contributed by atoms with E-state index in [0.717, 1.165) is 11.6 Å². The fraction of sp³-hybridized carbons (Fsp3) is 0.154. The van der Waals surface area contributed by atoms with Crippen molar-refractivity contribution in [3.63, 3.8) is 0 Å². The van der Waals surface area contributed by atoms with E-state index in [4.69, 9.17) is 16.3 Å². The summed E-state index contributed by atoms with van der Waals surface area (Å²) in [5, 5.41) is -0.193. The van der Waals surface area contributed by atoms with Crippen molar-refractivity contribution >= 4 is 11.6 Å². The van der Waals surface area contributed by atoms with E-state index in [1.807, 2.05) is 0 Å². The number of hydrogen-bond donors (Lipinski definition) is 0. The van der Waals surface area contributed by atoms with Crippen LogP contribution >= 0.6 is 11.6 Å². The Balaban J connectivity index is 2.30. The van der Waals surface area contributed by atoms with Gasteiger partial charge in [0.1, 0.15) is 10.8 Å². The maximum absolute atomic E-state index is 12.4. The number of benzene rings is 1. The zero-order valence-electron chi connectivity index (χ0n) is 9.75. The molecule has 0 aliphatic carbocycles. The number of pyridine rings is 1. The van der Waals surface area contributed by atoms with Crippen LogP contribution in [0.15, 0.2) is 30.5 Å². The number of ether oxygens (including phenoxy) is 1. The minimum absolute atomic E-state index is 0.0658. The predicted octanol–water partition coefficient (Wildman–Crippen LogP) is 4.65. The van der Waals surface area contributed by atoms with Gasteiger partial charge in [0.25, 0.3) is 0 Å². The van der Waals surface area contributed by atoms with Crippen molar-refractivity contribution in [2.45, 2.75) is 13.1 Å². The number of alkyl halides is 3. The van der Waals surface area contributed by atoms with Crippen LogP contribution in [0.4, 0.5) is 13.2 Å². The molecule has 2 nitrogen and oxygen atoms in total. The molecule has 2 aromatic rings. The third kappa shape index (κ3) is 3.17. The molecule has 1 radical (unpaired) electrons. The normalized spacial score (nSPS) is 11.4. The van der Waals surface area contributed by atoms with Crippen LogP contribution < -0.4 is 4.74 Å². The standard InChI is InChI=1S/C13H8ClF3NO/c1-8-4-2-3-5-11(8)19-12-10(14)6-9(7-18-12)13(15,16)17/h3-7H,1H3. The topological polar surface area (TPSA) is 22.1 Å². The Kier molecular flexibility index (Phi) is 3.66. The Labute approximate surface area is 112 Å². The molecule has 1 aromatic carbocycles. The van der Waals surface area contributed by atoms with E-state index in [1.54, 1.807) is 25.1 Å². The second kappa shape index (κ2) is 5.09. The van der Waals surface area contributed by atoms with Gasteiger partial charge in [0.05, 0.1) is 5.56 Å². The van der Waals surface area contributed by atoms with Gasteiger partial charge in [-0.3, -0.25) is 0 Å². The Morgan fingerprint density at radius 1 is 1.37 bits per heavy atom. The third-order valence-electron chi connectivity index (χ3n) is 2.36. The van der Waals surface area contributed by atoms with Crippen molar-refractivity contribution in [2.75, 3.05) is 0 Å². The van der Waals surface area contributed by atoms with E-state index < -0.39 is 11.7 Å². The molecule has 0 atom stereocenters. The molecule has 0 unspecified atom stereocenters. The molecule has 0 N–H and O–H groups in total. The minimum atomic E-state index is -4.48. The number of rotatable bonds is 2. The second-order valence-corrected chi connectivity index (χ2v) is 4.21. The number of nitrogens with zero attached hydrogens (tertiary/aromatic N) is 1. The van der Waals surface area contributed by atoms with Crippen molar-refractivity contribution in [3.8, 4) is 11.6 Å². The van der Waals surface area contributed by atoms with Gasteiger partial charge in [-0.15, -0.1) is 0 Å². The van der Waals surface area contributed by atoms with Crippen LogP contribution in [0.2, 0.25) is 5.02 Å². The summed E-state index contributed by atoms with van der Waals surface area (Å²) in [6, 6.07) is 8.58. The molecule has 2 rings (SSSR count). The van der Waals surface area contributed by atoms with Gasteiger partial charge >= 0.3 is 6.18 Å². The lowest BCUT2D eigenvalue weighted by Crippen LogP contribution is -2.05. The summed E-state index contributed by atoms with van der Waals surface area (Å²) in [6.07, 6.45) is -3.79. The number of aromatic nitrogens is 1. The molecule has 99 valence electrons. The molecule has 0 fully saturated rings. The molecule has 0 aliphatic rings. The average molecular weight is 287 g/mol. The summed E-state index contributed by atoms with van der Waals surface area (Å²) in [7, 11) is 0. The van der Waals surface area contributed by atoms with Crippen LogP contribution in [-0.2, 0) is 6.18 Å².